The van der Waals surface area contributed by atoms with E-state index in [9.17, 15) is 10.1 Å². The minimum absolute atomic E-state index is 0.0668. The molecule has 1 aromatic carbocycles. The molecular weight excluding hydrogens is 258 g/mol. The first-order valence-corrected chi connectivity index (χ1v) is 6.33. The number of anilines is 2. The molecule has 2 aromatic rings. The van der Waals surface area contributed by atoms with Gasteiger partial charge < -0.3 is 10.6 Å². The van der Waals surface area contributed by atoms with E-state index in [1.807, 2.05) is 26.2 Å². The first-order chi connectivity index (χ1) is 9.58. The molecule has 2 N–H and O–H groups in total. The smallest absolute Gasteiger partial charge is 0.273 e. The van der Waals surface area contributed by atoms with Crippen LogP contribution in [-0.2, 0) is 13.6 Å². The molecule has 0 saturated heterocycles. The second-order valence-corrected chi connectivity index (χ2v) is 4.43. The Morgan fingerprint density at radius 2 is 2.00 bits per heavy atom. The third-order valence-corrected chi connectivity index (χ3v) is 2.76. The predicted octanol–water partition coefficient (Wildman–Crippen LogP) is 2.37. The molecule has 20 heavy (non-hydrogen) atoms. The van der Waals surface area contributed by atoms with Crippen LogP contribution in [0, 0.1) is 10.1 Å². The van der Waals surface area contributed by atoms with Gasteiger partial charge in [-0.1, -0.05) is 0 Å². The van der Waals surface area contributed by atoms with E-state index in [1.165, 1.54) is 12.1 Å². The molecule has 0 saturated carbocycles. The fourth-order valence-corrected chi connectivity index (χ4v) is 1.89. The predicted molar refractivity (Wildman–Crippen MR) is 77.8 cm³/mol. The number of rotatable bonds is 6. The van der Waals surface area contributed by atoms with Crippen LogP contribution in [-0.4, -0.2) is 21.2 Å². The van der Waals surface area contributed by atoms with Gasteiger partial charge in [-0.2, -0.15) is 5.10 Å². The zero-order valence-corrected chi connectivity index (χ0v) is 11.5. The van der Waals surface area contributed by atoms with Crippen LogP contribution in [0.25, 0.3) is 0 Å². The quantitative estimate of drug-likeness (QED) is 0.624. The third kappa shape index (κ3) is 3.47. The highest BCUT2D eigenvalue weighted by molar-refractivity contribution is 5.63. The Hall–Kier alpha value is -2.57. The van der Waals surface area contributed by atoms with E-state index < -0.39 is 4.92 Å². The van der Waals surface area contributed by atoms with Gasteiger partial charge in [-0.25, -0.2) is 0 Å². The molecule has 0 aliphatic rings. The Kier molecular flexibility index (Phi) is 4.19. The number of non-ortho nitro benzene ring substituents is 1. The number of nitro benzene ring substituents is 1. The minimum Gasteiger partial charge on any atom is -0.385 e. The van der Waals surface area contributed by atoms with Crippen LogP contribution >= 0.6 is 0 Å². The summed E-state index contributed by atoms with van der Waals surface area (Å²) in [5.74, 6) is 0. The molecule has 7 nitrogen and oxygen atoms in total. The average molecular weight is 275 g/mol. The van der Waals surface area contributed by atoms with Crippen LogP contribution in [0.2, 0.25) is 0 Å². The summed E-state index contributed by atoms with van der Waals surface area (Å²) >= 11 is 0. The van der Waals surface area contributed by atoms with Crippen molar-refractivity contribution in [1.82, 2.24) is 9.78 Å². The van der Waals surface area contributed by atoms with Gasteiger partial charge in [0, 0.05) is 55.4 Å². The lowest BCUT2D eigenvalue weighted by Crippen LogP contribution is -2.02. The van der Waals surface area contributed by atoms with Crippen molar-refractivity contribution in [1.29, 1.82) is 0 Å². The summed E-state index contributed by atoms with van der Waals surface area (Å²) in [6.45, 7) is 3.23. The Morgan fingerprint density at radius 3 is 2.55 bits per heavy atom. The van der Waals surface area contributed by atoms with Crippen LogP contribution in [0.1, 0.15) is 12.5 Å². The second-order valence-electron chi connectivity index (χ2n) is 4.43. The molecule has 0 radical (unpaired) electrons. The maximum Gasteiger partial charge on any atom is 0.273 e. The highest BCUT2D eigenvalue weighted by atomic mass is 16.6. The van der Waals surface area contributed by atoms with Crippen LogP contribution < -0.4 is 10.6 Å². The van der Waals surface area contributed by atoms with Crippen LogP contribution in [0.4, 0.5) is 17.1 Å². The third-order valence-electron chi connectivity index (χ3n) is 2.76. The van der Waals surface area contributed by atoms with Crippen molar-refractivity contribution in [3.05, 3.63) is 46.3 Å². The molecule has 0 aliphatic carbocycles. The van der Waals surface area contributed by atoms with Crippen molar-refractivity contribution < 1.29 is 4.92 Å². The Balaban J connectivity index is 2.15. The van der Waals surface area contributed by atoms with Gasteiger partial charge in [-0.15, -0.1) is 0 Å². The first kappa shape index (κ1) is 13.9. The van der Waals surface area contributed by atoms with E-state index in [4.69, 9.17) is 0 Å². The Morgan fingerprint density at radius 1 is 1.30 bits per heavy atom. The van der Waals surface area contributed by atoms with Crippen molar-refractivity contribution in [3.63, 3.8) is 0 Å². The van der Waals surface area contributed by atoms with Gasteiger partial charge >= 0.3 is 0 Å². The van der Waals surface area contributed by atoms with Crippen LogP contribution in [0.5, 0.6) is 0 Å². The lowest BCUT2D eigenvalue weighted by atomic mass is 10.2. The molecule has 0 aliphatic heterocycles. The summed E-state index contributed by atoms with van der Waals surface area (Å²) in [5.41, 5.74) is 2.52. The van der Waals surface area contributed by atoms with Crippen LogP contribution in [0.15, 0.2) is 30.6 Å². The van der Waals surface area contributed by atoms with Gasteiger partial charge in [0.25, 0.3) is 5.69 Å². The summed E-state index contributed by atoms with van der Waals surface area (Å²) < 4.78 is 1.72. The lowest BCUT2D eigenvalue weighted by Gasteiger charge is -2.08. The molecule has 1 heterocycles. The van der Waals surface area contributed by atoms with Crippen molar-refractivity contribution in [3.8, 4) is 0 Å². The fraction of sp³-hybridized carbons (Fsp3) is 0.308. The highest BCUT2D eigenvalue weighted by Gasteiger charge is 2.09. The topological polar surface area (TPSA) is 85.0 Å². The number of nitro groups is 1. The van der Waals surface area contributed by atoms with Gasteiger partial charge in [0.1, 0.15) is 0 Å². The fourth-order valence-electron chi connectivity index (χ4n) is 1.89. The molecule has 0 atom stereocenters. The standard InChI is InChI=1S/C13H17N5O2/c1-3-14-11-4-12(6-13(5-11)18(19)20)15-7-10-8-16-17(2)9-10/h4-6,8-9,14-15H,3,7H2,1-2H3. The number of hydrogen-bond donors (Lipinski definition) is 2. The molecular formula is C13H17N5O2. The SMILES string of the molecule is CCNc1cc(NCc2cnn(C)c2)cc([N+](=O)[O-])c1. The van der Waals surface area contributed by atoms with E-state index in [1.54, 1.807) is 10.9 Å². The Bertz CT molecular complexity index is 609. The highest BCUT2D eigenvalue weighted by Crippen LogP contribution is 2.24. The molecule has 0 unspecified atom stereocenters. The molecule has 0 amide bonds. The van der Waals surface area contributed by atoms with Gasteiger partial charge in [0.15, 0.2) is 0 Å². The lowest BCUT2D eigenvalue weighted by molar-refractivity contribution is -0.384. The zero-order valence-electron chi connectivity index (χ0n) is 11.5. The molecule has 1 aromatic heterocycles. The summed E-state index contributed by atoms with van der Waals surface area (Å²) in [6.07, 6.45) is 3.66. The van der Waals surface area contributed by atoms with Crippen LogP contribution in [0.3, 0.4) is 0 Å². The molecule has 0 bridgehead atoms. The van der Waals surface area contributed by atoms with Crippen molar-refractivity contribution in [2.24, 2.45) is 7.05 Å². The maximum atomic E-state index is 10.9. The number of nitrogens with one attached hydrogen (secondary N) is 2. The van der Waals surface area contributed by atoms with Gasteiger partial charge in [-0.3, -0.25) is 14.8 Å². The number of aryl methyl sites for hydroxylation is 1. The largest absolute Gasteiger partial charge is 0.385 e. The molecule has 106 valence electrons. The van der Waals surface area contributed by atoms with E-state index in [-0.39, 0.29) is 5.69 Å². The number of benzene rings is 1. The number of nitrogens with zero attached hydrogens (tertiary/aromatic N) is 3. The van der Waals surface area contributed by atoms with Crippen molar-refractivity contribution in [2.75, 3.05) is 17.2 Å². The summed E-state index contributed by atoms with van der Waals surface area (Å²) in [5, 5.41) is 21.3. The minimum atomic E-state index is -0.393. The van der Waals surface area contributed by atoms with E-state index in [0.717, 1.165) is 11.3 Å². The first-order valence-electron chi connectivity index (χ1n) is 6.33. The normalized spacial score (nSPS) is 10.3. The average Bonchev–Trinajstić information content (AvgIpc) is 2.82. The summed E-state index contributed by atoms with van der Waals surface area (Å²) in [6, 6.07) is 4.91. The van der Waals surface area contributed by atoms with Gasteiger partial charge in [0.2, 0.25) is 0 Å². The molecule has 2 rings (SSSR count). The summed E-state index contributed by atoms with van der Waals surface area (Å²) in [4.78, 5) is 10.5. The molecule has 0 spiro atoms. The zero-order chi connectivity index (χ0) is 14.5. The Labute approximate surface area is 116 Å². The molecule has 7 heteroatoms. The second kappa shape index (κ2) is 6.05. The molecule has 0 fully saturated rings. The van der Waals surface area contributed by atoms with Crippen molar-refractivity contribution in [2.45, 2.75) is 13.5 Å². The van der Waals surface area contributed by atoms with Gasteiger partial charge in [-0.05, 0) is 13.0 Å². The van der Waals surface area contributed by atoms with Crippen molar-refractivity contribution >= 4 is 17.1 Å². The monoisotopic (exact) mass is 275 g/mol. The number of hydrogen-bond acceptors (Lipinski definition) is 5. The van der Waals surface area contributed by atoms with E-state index in [0.29, 0.717) is 18.8 Å². The van der Waals surface area contributed by atoms with E-state index in [2.05, 4.69) is 15.7 Å². The number of aromatic nitrogens is 2. The summed E-state index contributed by atoms with van der Waals surface area (Å²) in [7, 11) is 1.85. The maximum absolute atomic E-state index is 10.9. The van der Waals surface area contributed by atoms with Gasteiger partial charge in [0.05, 0.1) is 11.1 Å². The van der Waals surface area contributed by atoms with E-state index >= 15 is 0 Å².